The summed E-state index contributed by atoms with van der Waals surface area (Å²) in [5.74, 6) is 0.468. The number of aromatic nitrogens is 3. The van der Waals surface area contributed by atoms with E-state index in [0.717, 1.165) is 10.9 Å². The van der Waals surface area contributed by atoms with Gasteiger partial charge in [0.1, 0.15) is 5.69 Å². The molecule has 0 aliphatic carbocycles. The number of nitrogens with zero attached hydrogens (tertiary/aromatic N) is 3. The number of fused-ring (bicyclic) bond motifs is 1. The van der Waals surface area contributed by atoms with Gasteiger partial charge in [-0.25, -0.2) is 4.98 Å². The Balaban J connectivity index is 1.83. The Morgan fingerprint density at radius 1 is 1.15 bits per heavy atom. The standard InChI is InChI=1S/C14H14N4O2/c1-19-9-8-15-14-17-13(18-20-14)12-7-6-10-4-2-3-5-11(10)16-12/h2-7H,8-9H2,1H3,(H,15,17,18). The molecule has 3 rings (SSSR count). The second-order valence-electron chi connectivity index (χ2n) is 4.23. The lowest BCUT2D eigenvalue weighted by Gasteiger charge is -1.98. The van der Waals surface area contributed by atoms with Crippen LogP contribution in [0.4, 0.5) is 6.01 Å². The average Bonchev–Trinajstić information content (AvgIpc) is 2.96. The smallest absolute Gasteiger partial charge is 0.321 e. The lowest BCUT2D eigenvalue weighted by molar-refractivity contribution is 0.210. The molecule has 0 amide bonds. The molecule has 1 aromatic carbocycles. The topological polar surface area (TPSA) is 73.1 Å². The summed E-state index contributed by atoms with van der Waals surface area (Å²) in [6.07, 6.45) is 0. The molecular weight excluding hydrogens is 256 g/mol. The second-order valence-corrected chi connectivity index (χ2v) is 4.23. The number of nitrogens with one attached hydrogen (secondary N) is 1. The van der Waals surface area contributed by atoms with Crippen molar-refractivity contribution in [2.24, 2.45) is 0 Å². The van der Waals surface area contributed by atoms with Gasteiger partial charge in [0, 0.05) is 19.0 Å². The first-order valence-corrected chi connectivity index (χ1v) is 6.29. The maximum absolute atomic E-state index is 5.11. The molecule has 2 heterocycles. The zero-order valence-corrected chi connectivity index (χ0v) is 11.0. The largest absolute Gasteiger partial charge is 0.383 e. The van der Waals surface area contributed by atoms with Gasteiger partial charge in [-0.3, -0.25) is 0 Å². The number of hydrogen-bond acceptors (Lipinski definition) is 6. The Kier molecular flexibility index (Phi) is 3.56. The van der Waals surface area contributed by atoms with Crippen LogP contribution >= 0.6 is 0 Å². The number of anilines is 1. The van der Waals surface area contributed by atoms with Crippen LogP contribution in [0.1, 0.15) is 0 Å². The Morgan fingerprint density at radius 2 is 2.05 bits per heavy atom. The van der Waals surface area contributed by atoms with Crippen LogP contribution in [-0.4, -0.2) is 35.4 Å². The van der Waals surface area contributed by atoms with Crippen LogP contribution in [0.3, 0.4) is 0 Å². The number of pyridine rings is 1. The summed E-state index contributed by atoms with van der Waals surface area (Å²) in [5, 5.41) is 7.98. The van der Waals surface area contributed by atoms with Crippen molar-refractivity contribution in [3.63, 3.8) is 0 Å². The van der Waals surface area contributed by atoms with E-state index in [9.17, 15) is 0 Å². The molecule has 2 aromatic heterocycles. The average molecular weight is 270 g/mol. The molecule has 3 aromatic rings. The van der Waals surface area contributed by atoms with Gasteiger partial charge in [-0.1, -0.05) is 29.4 Å². The molecule has 0 radical (unpaired) electrons. The molecule has 102 valence electrons. The van der Waals surface area contributed by atoms with Crippen molar-refractivity contribution < 1.29 is 9.26 Å². The molecule has 0 saturated carbocycles. The predicted molar refractivity (Wildman–Crippen MR) is 75.4 cm³/mol. The molecule has 6 nitrogen and oxygen atoms in total. The van der Waals surface area contributed by atoms with Crippen LogP contribution in [0.2, 0.25) is 0 Å². The van der Waals surface area contributed by atoms with Crippen molar-refractivity contribution in [2.75, 3.05) is 25.6 Å². The van der Waals surface area contributed by atoms with E-state index in [1.807, 2.05) is 36.4 Å². The molecular formula is C14H14N4O2. The van der Waals surface area contributed by atoms with E-state index in [4.69, 9.17) is 9.26 Å². The van der Waals surface area contributed by atoms with E-state index in [1.54, 1.807) is 7.11 Å². The van der Waals surface area contributed by atoms with Gasteiger partial charge >= 0.3 is 6.01 Å². The summed E-state index contributed by atoms with van der Waals surface area (Å²) >= 11 is 0. The third-order valence-corrected chi connectivity index (χ3v) is 2.84. The van der Waals surface area contributed by atoms with Gasteiger partial charge in [-0.15, -0.1) is 0 Å². The SMILES string of the molecule is COCCNc1nc(-c2ccc3ccccc3n2)no1. The Hall–Kier alpha value is -2.47. The highest BCUT2D eigenvalue weighted by atomic mass is 16.5. The highest BCUT2D eigenvalue weighted by Crippen LogP contribution is 2.19. The van der Waals surface area contributed by atoms with Gasteiger partial charge in [0.15, 0.2) is 0 Å². The zero-order valence-electron chi connectivity index (χ0n) is 11.0. The number of methoxy groups -OCH3 is 1. The quantitative estimate of drug-likeness (QED) is 0.717. The Bertz CT molecular complexity index is 711. The molecule has 0 aliphatic heterocycles. The maximum Gasteiger partial charge on any atom is 0.321 e. The molecule has 0 bridgehead atoms. The van der Waals surface area contributed by atoms with Gasteiger partial charge in [-0.2, -0.15) is 4.98 Å². The number of ether oxygens (including phenoxy) is 1. The lowest BCUT2D eigenvalue weighted by Crippen LogP contribution is -2.07. The number of para-hydroxylation sites is 1. The molecule has 20 heavy (non-hydrogen) atoms. The van der Waals surface area contributed by atoms with Crippen molar-refractivity contribution in [3.05, 3.63) is 36.4 Å². The molecule has 0 atom stereocenters. The minimum Gasteiger partial charge on any atom is -0.383 e. The van der Waals surface area contributed by atoms with Gasteiger partial charge < -0.3 is 14.6 Å². The highest BCUT2D eigenvalue weighted by molar-refractivity contribution is 5.80. The summed E-state index contributed by atoms with van der Waals surface area (Å²) < 4.78 is 10.0. The molecule has 0 spiro atoms. The zero-order chi connectivity index (χ0) is 13.8. The first-order valence-electron chi connectivity index (χ1n) is 6.29. The van der Waals surface area contributed by atoms with Crippen molar-refractivity contribution in [2.45, 2.75) is 0 Å². The highest BCUT2D eigenvalue weighted by Gasteiger charge is 2.09. The van der Waals surface area contributed by atoms with Gasteiger partial charge in [0.2, 0.25) is 5.82 Å². The Morgan fingerprint density at radius 3 is 2.95 bits per heavy atom. The second kappa shape index (κ2) is 5.66. The summed E-state index contributed by atoms with van der Waals surface area (Å²) in [7, 11) is 1.64. The van der Waals surface area contributed by atoms with Gasteiger partial charge in [0.05, 0.1) is 12.1 Å². The van der Waals surface area contributed by atoms with Gasteiger partial charge in [-0.05, 0) is 12.1 Å². The molecule has 0 fully saturated rings. The van der Waals surface area contributed by atoms with Crippen molar-refractivity contribution in [1.29, 1.82) is 0 Å². The van der Waals surface area contributed by atoms with E-state index in [-0.39, 0.29) is 0 Å². The third-order valence-electron chi connectivity index (χ3n) is 2.84. The van der Waals surface area contributed by atoms with E-state index in [2.05, 4.69) is 20.4 Å². The lowest BCUT2D eigenvalue weighted by atomic mass is 10.2. The van der Waals surface area contributed by atoms with Crippen LogP contribution in [0.15, 0.2) is 40.9 Å². The molecule has 0 aliphatic rings. The summed E-state index contributed by atoms with van der Waals surface area (Å²) in [6.45, 7) is 1.19. The summed E-state index contributed by atoms with van der Waals surface area (Å²) in [4.78, 5) is 8.77. The van der Waals surface area contributed by atoms with Crippen molar-refractivity contribution in [1.82, 2.24) is 15.1 Å². The predicted octanol–water partition coefficient (Wildman–Crippen LogP) is 2.34. The normalized spacial score (nSPS) is 10.8. The maximum atomic E-state index is 5.11. The van der Waals surface area contributed by atoms with Crippen LogP contribution < -0.4 is 5.32 Å². The van der Waals surface area contributed by atoms with Crippen LogP contribution in [-0.2, 0) is 4.74 Å². The van der Waals surface area contributed by atoms with E-state index >= 15 is 0 Å². The monoisotopic (exact) mass is 270 g/mol. The fraction of sp³-hybridized carbons (Fsp3) is 0.214. The van der Waals surface area contributed by atoms with Gasteiger partial charge in [0.25, 0.3) is 0 Å². The number of benzene rings is 1. The first kappa shape index (κ1) is 12.6. The summed E-state index contributed by atoms with van der Waals surface area (Å²) in [6, 6.07) is 12.1. The van der Waals surface area contributed by atoms with Crippen molar-refractivity contribution >= 4 is 16.9 Å². The molecule has 1 N–H and O–H groups in total. The minimum atomic E-state index is 0.368. The fourth-order valence-electron chi connectivity index (χ4n) is 1.85. The van der Waals surface area contributed by atoms with E-state index < -0.39 is 0 Å². The Labute approximate surface area is 115 Å². The molecule has 6 heteroatoms. The van der Waals surface area contributed by atoms with Crippen molar-refractivity contribution in [3.8, 4) is 11.5 Å². The minimum absolute atomic E-state index is 0.368. The molecule has 0 saturated heterocycles. The van der Waals surface area contributed by atoms with Crippen LogP contribution in [0, 0.1) is 0 Å². The summed E-state index contributed by atoms with van der Waals surface area (Å²) in [5.41, 5.74) is 1.59. The molecule has 0 unspecified atom stereocenters. The first-order chi connectivity index (χ1) is 9.86. The number of rotatable bonds is 5. The van der Waals surface area contributed by atoms with E-state index in [0.29, 0.717) is 30.7 Å². The number of hydrogen-bond donors (Lipinski definition) is 1. The fourth-order valence-corrected chi connectivity index (χ4v) is 1.85. The third kappa shape index (κ3) is 2.60. The van der Waals surface area contributed by atoms with Crippen LogP contribution in [0.5, 0.6) is 0 Å². The van der Waals surface area contributed by atoms with E-state index in [1.165, 1.54) is 0 Å². The van der Waals surface area contributed by atoms with Crippen LogP contribution in [0.25, 0.3) is 22.4 Å².